The highest BCUT2D eigenvalue weighted by Crippen LogP contribution is 2.31. The van der Waals surface area contributed by atoms with Crippen molar-refractivity contribution in [3.05, 3.63) is 34.0 Å². The second kappa shape index (κ2) is 3.38. The Kier molecular flexibility index (Phi) is 2.31. The van der Waals surface area contributed by atoms with Crippen LogP contribution in [-0.2, 0) is 0 Å². The molecule has 0 aliphatic carbocycles. The number of benzene rings is 1. The summed E-state index contributed by atoms with van der Waals surface area (Å²) in [6.07, 6.45) is 0. The second-order valence-corrected chi connectivity index (χ2v) is 4.21. The maximum absolute atomic E-state index is 6.06. The molecule has 0 unspecified atom stereocenters. The third-order valence-corrected chi connectivity index (χ3v) is 3.30. The van der Waals surface area contributed by atoms with Crippen molar-refractivity contribution >= 4 is 28.2 Å². The second-order valence-electron chi connectivity index (χ2n) is 3.83. The normalized spacial score (nSPS) is 10.9. The summed E-state index contributed by atoms with van der Waals surface area (Å²) in [5, 5.41) is 1.50. The van der Waals surface area contributed by atoms with Crippen LogP contribution in [0.3, 0.4) is 0 Å². The zero-order chi connectivity index (χ0) is 11.2. The van der Waals surface area contributed by atoms with Crippen LogP contribution in [0.4, 0.5) is 5.69 Å². The number of pyridine rings is 1. The first-order valence-electron chi connectivity index (χ1n) is 4.84. The van der Waals surface area contributed by atoms with E-state index >= 15 is 0 Å². The van der Waals surface area contributed by atoms with E-state index in [9.17, 15) is 0 Å². The molecule has 78 valence electrons. The van der Waals surface area contributed by atoms with E-state index in [1.807, 2.05) is 19.1 Å². The van der Waals surface area contributed by atoms with E-state index in [-0.39, 0.29) is 0 Å². The highest BCUT2D eigenvalue weighted by Gasteiger charge is 2.10. The van der Waals surface area contributed by atoms with Gasteiger partial charge in [-0.2, -0.15) is 0 Å². The number of hydrogen-bond acceptors (Lipinski definition) is 2. The Hall–Kier alpha value is -1.28. The van der Waals surface area contributed by atoms with Gasteiger partial charge in [-0.15, -0.1) is 0 Å². The Morgan fingerprint density at radius 2 is 1.87 bits per heavy atom. The fraction of sp³-hybridized carbons (Fsp3) is 0.250. The van der Waals surface area contributed by atoms with Gasteiger partial charge in [0.25, 0.3) is 0 Å². The molecule has 0 fully saturated rings. The van der Waals surface area contributed by atoms with Crippen LogP contribution in [0, 0.1) is 20.8 Å². The van der Waals surface area contributed by atoms with Crippen molar-refractivity contribution in [1.82, 2.24) is 4.98 Å². The Morgan fingerprint density at radius 3 is 2.53 bits per heavy atom. The van der Waals surface area contributed by atoms with Gasteiger partial charge < -0.3 is 5.73 Å². The molecule has 2 nitrogen and oxygen atoms in total. The number of aryl methyl sites for hydroxylation is 3. The molecule has 0 bridgehead atoms. The van der Waals surface area contributed by atoms with E-state index in [2.05, 4.69) is 18.8 Å². The Morgan fingerprint density at radius 1 is 1.20 bits per heavy atom. The van der Waals surface area contributed by atoms with Gasteiger partial charge in [0.1, 0.15) is 0 Å². The first kappa shape index (κ1) is 10.2. The molecular formula is C12H13ClN2. The smallest absolute Gasteiger partial charge is 0.0854 e. The summed E-state index contributed by atoms with van der Waals surface area (Å²) in [5.41, 5.74) is 10.7. The van der Waals surface area contributed by atoms with Gasteiger partial charge in [-0.05, 0) is 31.9 Å². The summed E-state index contributed by atoms with van der Waals surface area (Å²) in [5.74, 6) is 0. The van der Waals surface area contributed by atoms with Crippen molar-refractivity contribution < 1.29 is 0 Å². The van der Waals surface area contributed by atoms with Crippen LogP contribution in [0.2, 0.25) is 5.02 Å². The van der Waals surface area contributed by atoms with E-state index in [1.54, 1.807) is 0 Å². The zero-order valence-electron chi connectivity index (χ0n) is 9.06. The Labute approximate surface area is 94.1 Å². The van der Waals surface area contributed by atoms with Crippen LogP contribution in [0.25, 0.3) is 10.9 Å². The molecule has 1 aromatic heterocycles. The van der Waals surface area contributed by atoms with Crippen LogP contribution in [-0.4, -0.2) is 4.98 Å². The minimum atomic E-state index is 0.561. The summed E-state index contributed by atoms with van der Waals surface area (Å²) >= 11 is 6.06. The Balaban J connectivity index is 2.98. The zero-order valence-corrected chi connectivity index (χ0v) is 9.81. The number of fused-ring (bicyclic) bond motifs is 1. The van der Waals surface area contributed by atoms with Gasteiger partial charge in [0.2, 0.25) is 0 Å². The minimum absolute atomic E-state index is 0.561. The van der Waals surface area contributed by atoms with Crippen molar-refractivity contribution in [2.24, 2.45) is 0 Å². The predicted molar refractivity (Wildman–Crippen MR) is 65.4 cm³/mol. The van der Waals surface area contributed by atoms with Crippen molar-refractivity contribution in [2.45, 2.75) is 20.8 Å². The molecule has 0 aliphatic heterocycles. The standard InChI is InChI=1S/C12H13ClN2/c1-6-4-5-9-11(14)10(13)8(3)15-12(9)7(6)2/h4-5H,1-3H3,(H2,14,15). The van der Waals surface area contributed by atoms with Gasteiger partial charge >= 0.3 is 0 Å². The van der Waals surface area contributed by atoms with Gasteiger partial charge in [0.05, 0.1) is 21.9 Å². The molecular weight excluding hydrogens is 208 g/mol. The van der Waals surface area contributed by atoms with Gasteiger partial charge in [0, 0.05) is 5.39 Å². The number of halogens is 1. The number of nitrogen functional groups attached to an aromatic ring is 1. The first-order chi connectivity index (χ1) is 7.02. The SMILES string of the molecule is Cc1ccc2c(N)c(Cl)c(C)nc2c1C. The minimum Gasteiger partial charge on any atom is -0.397 e. The van der Waals surface area contributed by atoms with Gasteiger partial charge in [0.15, 0.2) is 0 Å². The lowest BCUT2D eigenvalue weighted by atomic mass is 10.0. The number of nitrogens with two attached hydrogens (primary N) is 1. The number of aromatic nitrogens is 1. The molecule has 0 radical (unpaired) electrons. The van der Waals surface area contributed by atoms with Gasteiger partial charge in [-0.25, -0.2) is 0 Å². The molecule has 2 rings (SSSR count). The van der Waals surface area contributed by atoms with Gasteiger partial charge in [-0.3, -0.25) is 4.98 Å². The van der Waals surface area contributed by atoms with Gasteiger partial charge in [-0.1, -0.05) is 23.7 Å². The van der Waals surface area contributed by atoms with Crippen molar-refractivity contribution in [1.29, 1.82) is 0 Å². The molecule has 3 heteroatoms. The molecule has 1 aromatic carbocycles. The molecule has 0 aliphatic rings. The van der Waals surface area contributed by atoms with Crippen LogP contribution < -0.4 is 5.73 Å². The summed E-state index contributed by atoms with van der Waals surface area (Å²) < 4.78 is 0. The summed E-state index contributed by atoms with van der Waals surface area (Å²) in [6, 6.07) is 4.02. The summed E-state index contributed by atoms with van der Waals surface area (Å²) in [7, 11) is 0. The number of nitrogens with zero attached hydrogens (tertiary/aromatic N) is 1. The number of anilines is 1. The molecule has 0 amide bonds. The molecule has 1 heterocycles. The highest BCUT2D eigenvalue weighted by molar-refractivity contribution is 6.35. The van der Waals surface area contributed by atoms with Crippen molar-refractivity contribution in [2.75, 3.05) is 5.73 Å². The molecule has 0 spiro atoms. The quantitative estimate of drug-likeness (QED) is 0.739. The summed E-state index contributed by atoms with van der Waals surface area (Å²) in [6.45, 7) is 5.99. The lowest BCUT2D eigenvalue weighted by Crippen LogP contribution is -1.97. The summed E-state index contributed by atoms with van der Waals surface area (Å²) in [4.78, 5) is 4.48. The largest absolute Gasteiger partial charge is 0.397 e. The van der Waals surface area contributed by atoms with E-state index in [0.29, 0.717) is 10.7 Å². The molecule has 2 N–H and O–H groups in total. The third-order valence-electron chi connectivity index (χ3n) is 2.83. The molecule has 15 heavy (non-hydrogen) atoms. The van der Waals surface area contributed by atoms with Crippen LogP contribution >= 0.6 is 11.6 Å². The lowest BCUT2D eigenvalue weighted by molar-refractivity contribution is 1.23. The molecule has 2 aromatic rings. The molecule has 0 atom stereocenters. The molecule has 0 saturated heterocycles. The highest BCUT2D eigenvalue weighted by atomic mass is 35.5. The maximum Gasteiger partial charge on any atom is 0.0854 e. The van der Waals surface area contributed by atoms with E-state index in [4.69, 9.17) is 17.3 Å². The van der Waals surface area contributed by atoms with E-state index in [0.717, 1.165) is 16.6 Å². The van der Waals surface area contributed by atoms with Crippen molar-refractivity contribution in [3.63, 3.8) is 0 Å². The van der Waals surface area contributed by atoms with Crippen LogP contribution in [0.15, 0.2) is 12.1 Å². The number of hydrogen-bond donors (Lipinski definition) is 1. The monoisotopic (exact) mass is 220 g/mol. The fourth-order valence-electron chi connectivity index (χ4n) is 1.69. The number of rotatable bonds is 0. The fourth-order valence-corrected chi connectivity index (χ4v) is 1.84. The topological polar surface area (TPSA) is 38.9 Å². The first-order valence-corrected chi connectivity index (χ1v) is 5.21. The van der Waals surface area contributed by atoms with Crippen LogP contribution in [0.1, 0.15) is 16.8 Å². The van der Waals surface area contributed by atoms with Crippen molar-refractivity contribution in [3.8, 4) is 0 Å². The molecule has 0 saturated carbocycles. The van der Waals surface area contributed by atoms with E-state index < -0.39 is 0 Å². The Bertz CT molecular complexity index is 547. The lowest BCUT2D eigenvalue weighted by Gasteiger charge is -2.10. The van der Waals surface area contributed by atoms with Crippen LogP contribution in [0.5, 0.6) is 0 Å². The average molecular weight is 221 g/mol. The predicted octanol–water partition coefficient (Wildman–Crippen LogP) is 3.40. The van der Waals surface area contributed by atoms with E-state index in [1.165, 1.54) is 11.1 Å². The third kappa shape index (κ3) is 1.45. The maximum atomic E-state index is 6.06. The average Bonchev–Trinajstić information content (AvgIpc) is 2.21.